The SMILES string of the molecule is CCNCc1ccoc1COc1cc(Br)ccc1F. The van der Waals surface area contributed by atoms with Gasteiger partial charge in [-0.3, -0.25) is 0 Å². The van der Waals surface area contributed by atoms with E-state index in [2.05, 4.69) is 21.2 Å². The predicted molar refractivity (Wildman–Crippen MR) is 74.5 cm³/mol. The Kier molecular flexibility index (Phi) is 4.99. The zero-order valence-electron chi connectivity index (χ0n) is 10.6. The lowest BCUT2D eigenvalue weighted by Crippen LogP contribution is -2.12. The minimum Gasteiger partial charge on any atom is -0.483 e. The molecule has 0 saturated heterocycles. The molecule has 0 radical (unpaired) electrons. The van der Waals surface area contributed by atoms with Crippen molar-refractivity contribution in [3.05, 3.63) is 52.1 Å². The second kappa shape index (κ2) is 6.73. The Labute approximate surface area is 119 Å². The van der Waals surface area contributed by atoms with Gasteiger partial charge in [-0.2, -0.15) is 0 Å². The van der Waals surface area contributed by atoms with Crippen LogP contribution >= 0.6 is 15.9 Å². The third kappa shape index (κ3) is 3.81. The molecule has 0 aliphatic rings. The lowest BCUT2D eigenvalue weighted by Gasteiger charge is -2.08. The second-order valence-corrected chi connectivity index (χ2v) is 4.93. The monoisotopic (exact) mass is 327 g/mol. The Morgan fingerprint density at radius 2 is 2.21 bits per heavy atom. The molecule has 2 rings (SSSR count). The zero-order chi connectivity index (χ0) is 13.7. The van der Waals surface area contributed by atoms with Gasteiger partial charge >= 0.3 is 0 Å². The standard InChI is InChI=1S/C14H15BrFNO2/c1-2-17-8-10-5-6-18-14(10)9-19-13-7-11(15)3-4-12(13)16/h3-7,17H,2,8-9H2,1H3. The van der Waals surface area contributed by atoms with Crippen LogP contribution in [0.1, 0.15) is 18.2 Å². The molecule has 0 amide bonds. The molecule has 0 aliphatic carbocycles. The summed E-state index contributed by atoms with van der Waals surface area (Å²) in [6, 6.07) is 6.48. The number of ether oxygens (including phenoxy) is 1. The van der Waals surface area contributed by atoms with Gasteiger partial charge in [-0.15, -0.1) is 0 Å². The van der Waals surface area contributed by atoms with Crippen LogP contribution < -0.4 is 10.1 Å². The summed E-state index contributed by atoms with van der Waals surface area (Å²) >= 11 is 3.28. The molecule has 5 heteroatoms. The fourth-order valence-electron chi connectivity index (χ4n) is 1.64. The van der Waals surface area contributed by atoms with Crippen molar-refractivity contribution in [2.75, 3.05) is 6.54 Å². The molecule has 0 unspecified atom stereocenters. The third-order valence-electron chi connectivity index (χ3n) is 2.66. The molecule has 0 fully saturated rings. The minimum atomic E-state index is -0.386. The fraction of sp³-hybridized carbons (Fsp3) is 0.286. The van der Waals surface area contributed by atoms with E-state index < -0.39 is 0 Å². The molecule has 1 N–H and O–H groups in total. The molecular formula is C14H15BrFNO2. The molecular weight excluding hydrogens is 313 g/mol. The van der Waals surface area contributed by atoms with Crippen molar-refractivity contribution >= 4 is 15.9 Å². The Bertz CT molecular complexity index is 542. The zero-order valence-corrected chi connectivity index (χ0v) is 12.2. The number of halogens is 2. The molecule has 19 heavy (non-hydrogen) atoms. The van der Waals surface area contributed by atoms with Gasteiger partial charge in [0.25, 0.3) is 0 Å². The number of rotatable bonds is 6. The summed E-state index contributed by atoms with van der Waals surface area (Å²) in [6.07, 6.45) is 1.61. The summed E-state index contributed by atoms with van der Waals surface area (Å²) in [6.45, 7) is 3.84. The molecule has 0 atom stereocenters. The number of nitrogens with one attached hydrogen (secondary N) is 1. The van der Waals surface area contributed by atoms with Crippen molar-refractivity contribution < 1.29 is 13.5 Å². The molecule has 1 aromatic carbocycles. The number of benzene rings is 1. The molecule has 3 nitrogen and oxygen atoms in total. The molecule has 0 aliphatic heterocycles. The maximum Gasteiger partial charge on any atom is 0.165 e. The highest BCUT2D eigenvalue weighted by Crippen LogP contribution is 2.23. The van der Waals surface area contributed by atoms with Crippen LogP contribution in [0, 0.1) is 5.82 Å². The first-order chi connectivity index (χ1) is 9.20. The van der Waals surface area contributed by atoms with Crippen molar-refractivity contribution in [2.45, 2.75) is 20.1 Å². The van der Waals surface area contributed by atoms with Crippen LogP contribution in [0.2, 0.25) is 0 Å². The van der Waals surface area contributed by atoms with Crippen molar-refractivity contribution in [3.63, 3.8) is 0 Å². The Morgan fingerprint density at radius 3 is 3.00 bits per heavy atom. The third-order valence-corrected chi connectivity index (χ3v) is 3.15. The van der Waals surface area contributed by atoms with E-state index in [-0.39, 0.29) is 18.2 Å². The molecule has 2 aromatic rings. The van der Waals surface area contributed by atoms with E-state index >= 15 is 0 Å². The highest BCUT2D eigenvalue weighted by molar-refractivity contribution is 9.10. The smallest absolute Gasteiger partial charge is 0.165 e. The quantitative estimate of drug-likeness (QED) is 0.874. The average Bonchev–Trinajstić information content (AvgIpc) is 2.85. The van der Waals surface area contributed by atoms with Crippen LogP contribution in [-0.2, 0) is 13.2 Å². The molecule has 1 aromatic heterocycles. The highest BCUT2D eigenvalue weighted by Gasteiger charge is 2.09. The predicted octanol–water partition coefficient (Wildman–Crippen LogP) is 3.87. The summed E-state index contributed by atoms with van der Waals surface area (Å²) < 4.78 is 25.1. The van der Waals surface area contributed by atoms with Gasteiger partial charge in [0.1, 0.15) is 12.4 Å². The largest absolute Gasteiger partial charge is 0.483 e. The molecule has 0 spiro atoms. The van der Waals surface area contributed by atoms with E-state index in [0.717, 1.165) is 16.6 Å². The van der Waals surface area contributed by atoms with E-state index in [0.29, 0.717) is 12.3 Å². The first kappa shape index (κ1) is 14.1. The van der Waals surface area contributed by atoms with Crippen LogP contribution in [-0.4, -0.2) is 6.54 Å². The normalized spacial score (nSPS) is 10.7. The van der Waals surface area contributed by atoms with E-state index in [1.807, 2.05) is 13.0 Å². The minimum absolute atomic E-state index is 0.208. The second-order valence-electron chi connectivity index (χ2n) is 4.01. The van der Waals surface area contributed by atoms with Crippen molar-refractivity contribution in [1.29, 1.82) is 0 Å². The van der Waals surface area contributed by atoms with Crippen LogP contribution in [0.15, 0.2) is 39.4 Å². The van der Waals surface area contributed by atoms with E-state index in [9.17, 15) is 4.39 Å². The fourth-order valence-corrected chi connectivity index (χ4v) is 1.98. The van der Waals surface area contributed by atoms with Crippen LogP contribution in [0.5, 0.6) is 5.75 Å². The van der Waals surface area contributed by atoms with Crippen molar-refractivity contribution in [1.82, 2.24) is 5.32 Å². The molecule has 102 valence electrons. The Hall–Kier alpha value is -1.33. The van der Waals surface area contributed by atoms with E-state index in [4.69, 9.17) is 9.15 Å². The van der Waals surface area contributed by atoms with Gasteiger partial charge in [0.2, 0.25) is 0 Å². The highest BCUT2D eigenvalue weighted by atomic mass is 79.9. The summed E-state index contributed by atoms with van der Waals surface area (Å²) in [5.41, 5.74) is 1.03. The van der Waals surface area contributed by atoms with Gasteiger partial charge in [-0.05, 0) is 30.8 Å². The number of hydrogen-bond acceptors (Lipinski definition) is 3. The molecule has 0 bridgehead atoms. The first-order valence-corrected chi connectivity index (χ1v) is 6.83. The summed E-state index contributed by atoms with van der Waals surface area (Å²) in [7, 11) is 0. The van der Waals surface area contributed by atoms with Crippen LogP contribution in [0.4, 0.5) is 4.39 Å². The van der Waals surface area contributed by atoms with Gasteiger partial charge in [0.15, 0.2) is 11.6 Å². The Morgan fingerprint density at radius 1 is 1.37 bits per heavy atom. The van der Waals surface area contributed by atoms with E-state index in [1.165, 1.54) is 6.07 Å². The van der Waals surface area contributed by atoms with Gasteiger partial charge in [0, 0.05) is 16.6 Å². The van der Waals surface area contributed by atoms with Crippen molar-refractivity contribution in [3.8, 4) is 5.75 Å². The lowest BCUT2D eigenvalue weighted by atomic mass is 10.2. The summed E-state index contributed by atoms with van der Waals surface area (Å²) in [4.78, 5) is 0. The molecule has 0 saturated carbocycles. The van der Waals surface area contributed by atoms with Crippen molar-refractivity contribution in [2.24, 2.45) is 0 Å². The van der Waals surface area contributed by atoms with Gasteiger partial charge in [-0.25, -0.2) is 4.39 Å². The lowest BCUT2D eigenvalue weighted by molar-refractivity contribution is 0.256. The summed E-state index contributed by atoms with van der Waals surface area (Å²) in [5, 5.41) is 3.21. The van der Waals surface area contributed by atoms with Gasteiger partial charge < -0.3 is 14.5 Å². The topological polar surface area (TPSA) is 34.4 Å². The van der Waals surface area contributed by atoms with E-state index in [1.54, 1.807) is 18.4 Å². The van der Waals surface area contributed by atoms with Gasteiger partial charge in [-0.1, -0.05) is 22.9 Å². The average molecular weight is 328 g/mol. The summed E-state index contributed by atoms with van der Waals surface area (Å²) in [5.74, 6) is 0.531. The first-order valence-electron chi connectivity index (χ1n) is 6.04. The molecule has 1 heterocycles. The maximum atomic E-state index is 13.5. The van der Waals surface area contributed by atoms with Gasteiger partial charge in [0.05, 0.1) is 6.26 Å². The number of hydrogen-bond donors (Lipinski definition) is 1. The van der Waals surface area contributed by atoms with Crippen LogP contribution in [0.25, 0.3) is 0 Å². The maximum absolute atomic E-state index is 13.5. The Balaban J connectivity index is 2.02. The van der Waals surface area contributed by atoms with Crippen LogP contribution in [0.3, 0.4) is 0 Å². The number of furan rings is 1.